The molecule has 5 rings (SSSR count). The molecule has 1 aliphatic heterocycles. The molecule has 0 saturated carbocycles. The van der Waals surface area contributed by atoms with Gasteiger partial charge in [-0.1, -0.05) is 54.4 Å². The van der Waals surface area contributed by atoms with Crippen LogP contribution in [0.5, 0.6) is 0 Å². The Kier molecular flexibility index (Phi) is 7.37. The van der Waals surface area contributed by atoms with E-state index in [4.69, 9.17) is 28.2 Å². The van der Waals surface area contributed by atoms with E-state index in [0.29, 0.717) is 10.0 Å². The van der Waals surface area contributed by atoms with E-state index >= 15 is 0 Å². The summed E-state index contributed by atoms with van der Waals surface area (Å²) >= 11 is 12.6. The van der Waals surface area contributed by atoms with Gasteiger partial charge in [-0.3, -0.25) is 9.47 Å². The highest BCUT2D eigenvalue weighted by Gasteiger charge is 2.20. The van der Waals surface area contributed by atoms with Crippen LogP contribution in [0.1, 0.15) is 19.2 Å². The van der Waals surface area contributed by atoms with Crippen LogP contribution in [0.2, 0.25) is 10.0 Å². The van der Waals surface area contributed by atoms with E-state index in [-0.39, 0.29) is 0 Å². The number of para-hydroxylation sites is 1. The Hall–Kier alpha value is -2.87. The molecule has 7 nitrogen and oxygen atoms in total. The Balaban J connectivity index is 1.18. The molecule has 1 fully saturated rings. The molecule has 9 heteroatoms. The van der Waals surface area contributed by atoms with E-state index in [1.54, 1.807) is 6.33 Å². The third-order valence-electron chi connectivity index (χ3n) is 6.43. The highest BCUT2D eigenvalue weighted by molar-refractivity contribution is 6.43. The standard InChI is InChI=1S/C26H29Cl2N7/c1-2-22-32-24-25(30-18-31-26(24)35(22)19-8-4-3-5-9-19)29-12-7-13-33-14-16-34(17-15-33)21-11-6-10-20(27)23(21)28/h3-6,8-11,18H,2,7,12-17H2,1H3,(H,29,30,31). The molecular weight excluding hydrogens is 481 g/mol. The van der Waals surface area contributed by atoms with Crippen LogP contribution in [0.25, 0.3) is 16.9 Å². The van der Waals surface area contributed by atoms with Crippen LogP contribution in [0.3, 0.4) is 0 Å². The second-order valence-corrected chi connectivity index (χ2v) is 9.41. The Morgan fingerprint density at radius 2 is 1.74 bits per heavy atom. The van der Waals surface area contributed by atoms with Gasteiger partial charge < -0.3 is 10.2 Å². The van der Waals surface area contributed by atoms with Crippen LogP contribution < -0.4 is 10.2 Å². The van der Waals surface area contributed by atoms with E-state index in [1.165, 1.54) is 0 Å². The largest absolute Gasteiger partial charge is 0.368 e. The fraction of sp³-hybridized carbons (Fsp3) is 0.346. The molecule has 1 aliphatic rings. The molecule has 0 amide bonds. The summed E-state index contributed by atoms with van der Waals surface area (Å²) < 4.78 is 2.12. The van der Waals surface area contributed by atoms with Crippen LogP contribution in [0.15, 0.2) is 54.9 Å². The quantitative estimate of drug-likeness (QED) is 0.324. The van der Waals surface area contributed by atoms with E-state index < -0.39 is 0 Å². The number of rotatable bonds is 8. The molecule has 4 aromatic rings. The molecule has 0 aliphatic carbocycles. The van der Waals surface area contributed by atoms with Gasteiger partial charge in [-0.15, -0.1) is 0 Å². The second-order valence-electron chi connectivity index (χ2n) is 8.63. The van der Waals surface area contributed by atoms with Crippen LogP contribution in [-0.4, -0.2) is 63.7 Å². The average Bonchev–Trinajstić information content (AvgIpc) is 3.29. The topological polar surface area (TPSA) is 62.1 Å². The van der Waals surface area contributed by atoms with Gasteiger partial charge in [0.25, 0.3) is 0 Å². The zero-order valence-electron chi connectivity index (χ0n) is 19.8. The monoisotopic (exact) mass is 509 g/mol. The van der Waals surface area contributed by atoms with Crippen molar-refractivity contribution in [1.82, 2.24) is 24.4 Å². The molecule has 0 atom stereocenters. The number of nitrogens with one attached hydrogen (secondary N) is 1. The van der Waals surface area contributed by atoms with Crippen LogP contribution in [0, 0.1) is 0 Å². The average molecular weight is 510 g/mol. The number of aromatic nitrogens is 4. The van der Waals surface area contributed by atoms with Gasteiger partial charge in [-0.25, -0.2) is 15.0 Å². The predicted molar refractivity (Wildman–Crippen MR) is 144 cm³/mol. The minimum atomic E-state index is 0.608. The van der Waals surface area contributed by atoms with Gasteiger partial charge in [-0.2, -0.15) is 0 Å². The van der Waals surface area contributed by atoms with Crippen molar-refractivity contribution in [2.24, 2.45) is 0 Å². The van der Waals surface area contributed by atoms with Crippen molar-refractivity contribution >= 4 is 45.9 Å². The number of hydrogen-bond donors (Lipinski definition) is 1. The minimum Gasteiger partial charge on any atom is -0.368 e. The van der Waals surface area contributed by atoms with Crippen molar-refractivity contribution in [3.63, 3.8) is 0 Å². The van der Waals surface area contributed by atoms with Gasteiger partial charge in [0.05, 0.1) is 15.7 Å². The lowest BCUT2D eigenvalue weighted by atomic mass is 10.2. The van der Waals surface area contributed by atoms with Gasteiger partial charge >= 0.3 is 0 Å². The Morgan fingerprint density at radius 3 is 2.51 bits per heavy atom. The fourth-order valence-corrected chi connectivity index (χ4v) is 5.03. The fourth-order valence-electron chi connectivity index (χ4n) is 4.61. The Bertz CT molecular complexity index is 1280. The smallest absolute Gasteiger partial charge is 0.170 e. The highest BCUT2D eigenvalue weighted by Crippen LogP contribution is 2.33. The van der Waals surface area contributed by atoms with Gasteiger partial charge in [-0.05, 0) is 37.2 Å². The van der Waals surface area contributed by atoms with E-state index in [0.717, 1.165) is 86.3 Å². The lowest BCUT2D eigenvalue weighted by Gasteiger charge is -2.36. The highest BCUT2D eigenvalue weighted by atomic mass is 35.5. The van der Waals surface area contributed by atoms with E-state index in [9.17, 15) is 0 Å². The molecule has 0 spiro atoms. The number of benzene rings is 2. The molecular formula is C26H29Cl2N7. The third-order valence-corrected chi connectivity index (χ3v) is 7.24. The Morgan fingerprint density at radius 1 is 0.943 bits per heavy atom. The summed E-state index contributed by atoms with van der Waals surface area (Å²) in [7, 11) is 0. The molecule has 1 saturated heterocycles. The number of anilines is 2. The second kappa shape index (κ2) is 10.8. The van der Waals surface area contributed by atoms with Crippen molar-refractivity contribution in [3.05, 3.63) is 70.7 Å². The summed E-state index contributed by atoms with van der Waals surface area (Å²) in [6.07, 6.45) is 3.45. The lowest BCUT2D eigenvalue weighted by Crippen LogP contribution is -2.47. The lowest BCUT2D eigenvalue weighted by molar-refractivity contribution is 0.257. The van der Waals surface area contributed by atoms with Gasteiger partial charge in [0.2, 0.25) is 0 Å². The Labute approximate surface area is 215 Å². The van der Waals surface area contributed by atoms with E-state index in [2.05, 4.69) is 48.7 Å². The number of hydrogen-bond acceptors (Lipinski definition) is 6. The number of imidazole rings is 1. The summed E-state index contributed by atoms with van der Waals surface area (Å²) in [5.41, 5.74) is 3.74. The normalized spacial score (nSPS) is 14.5. The van der Waals surface area contributed by atoms with Crippen molar-refractivity contribution in [2.45, 2.75) is 19.8 Å². The summed E-state index contributed by atoms with van der Waals surface area (Å²) in [6, 6.07) is 16.1. The zero-order valence-corrected chi connectivity index (χ0v) is 21.3. The number of piperazine rings is 1. The molecule has 2 aromatic heterocycles. The molecule has 182 valence electrons. The van der Waals surface area contributed by atoms with Crippen LogP contribution >= 0.6 is 23.2 Å². The van der Waals surface area contributed by atoms with Crippen LogP contribution in [0.4, 0.5) is 11.5 Å². The maximum Gasteiger partial charge on any atom is 0.170 e. The van der Waals surface area contributed by atoms with Gasteiger partial charge in [0.15, 0.2) is 17.0 Å². The first-order chi connectivity index (χ1) is 17.2. The number of nitrogens with zero attached hydrogens (tertiary/aromatic N) is 6. The zero-order chi connectivity index (χ0) is 24.2. The SMILES string of the molecule is CCc1nc2c(NCCCN3CCN(c4cccc(Cl)c4Cl)CC3)ncnc2n1-c1ccccc1. The summed E-state index contributed by atoms with van der Waals surface area (Å²) in [5.74, 6) is 1.77. The third kappa shape index (κ3) is 5.08. The molecule has 0 radical (unpaired) electrons. The molecule has 35 heavy (non-hydrogen) atoms. The molecule has 0 bridgehead atoms. The first-order valence-electron chi connectivity index (χ1n) is 12.1. The first kappa shape index (κ1) is 23.9. The van der Waals surface area contributed by atoms with Crippen LogP contribution in [-0.2, 0) is 6.42 Å². The summed E-state index contributed by atoms with van der Waals surface area (Å²) in [6.45, 7) is 7.85. The summed E-state index contributed by atoms with van der Waals surface area (Å²) in [5, 5.41) is 4.75. The minimum absolute atomic E-state index is 0.608. The molecule has 2 aromatic carbocycles. The number of halogens is 2. The first-order valence-corrected chi connectivity index (χ1v) is 12.8. The molecule has 3 heterocycles. The maximum atomic E-state index is 6.41. The van der Waals surface area contributed by atoms with Gasteiger partial charge in [0, 0.05) is 44.8 Å². The number of aryl methyl sites for hydroxylation is 1. The van der Waals surface area contributed by atoms with Gasteiger partial charge in [0.1, 0.15) is 12.2 Å². The predicted octanol–water partition coefficient (Wildman–Crippen LogP) is 5.31. The van der Waals surface area contributed by atoms with Crippen molar-refractivity contribution < 1.29 is 0 Å². The molecule has 0 unspecified atom stereocenters. The molecule has 1 N–H and O–H groups in total. The van der Waals surface area contributed by atoms with E-state index in [1.807, 2.05) is 36.4 Å². The van der Waals surface area contributed by atoms with Crippen molar-refractivity contribution in [2.75, 3.05) is 49.5 Å². The maximum absolute atomic E-state index is 6.41. The van der Waals surface area contributed by atoms with Crippen molar-refractivity contribution in [1.29, 1.82) is 0 Å². The van der Waals surface area contributed by atoms with Crippen molar-refractivity contribution in [3.8, 4) is 5.69 Å². The number of fused-ring (bicyclic) bond motifs is 1. The summed E-state index contributed by atoms with van der Waals surface area (Å²) in [4.78, 5) is 18.7.